The van der Waals surface area contributed by atoms with E-state index in [1.54, 1.807) is 17.8 Å². The Labute approximate surface area is 129 Å². The molecule has 0 amide bonds. The molecule has 2 rings (SSSR count). The van der Waals surface area contributed by atoms with Crippen molar-refractivity contribution in [2.75, 3.05) is 5.32 Å². The number of nitrogens with one attached hydrogen (secondary N) is 1. The van der Waals surface area contributed by atoms with Crippen LogP contribution in [0.15, 0.2) is 22.8 Å². The van der Waals surface area contributed by atoms with Gasteiger partial charge in [-0.25, -0.2) is 4.79 Å². The average Bonchev–Trinajstić information content (AvgIpc) is 2.74. The molecule has 1 aromatic carbocycles. The molecule has 2 N–H and O–H groups in total. The Balaban J connectivity index is 2.23. The van der Waals surface area contributed by atoms with E-state index in [0.29, 0.717) is 17.3 Å². The molecule has 0 atom stereocenters. The zero-order valence-electron chi connectivity index (χ0n) is 10.9. The zero-order valence-corrected chi connectivity index (χ0v) is 13.3. The fourth-order valence-corrected chi connectivity index (χ4v) is 2.57. The molecule has 0 aliphatic heterocycles. The van der Waals surface area contributed by atoms with Crippen molar-refractivity contribution in [1.29, 1.82) is 0 Å². The average molecular weight is 359 g/mol. The molecular formula is C13H13BrClN3O2. The van der Waals surface area contributed by atoms with Crippen LogP contribution in [-0.4, -0.2) is 20.9 Å². The first-order valence-electron chi connectivity index (χ1n) is 5.84. The van der Waals surface area contributed by atoms with Crippen LogP contribution < -0.4 is 5.32 Å². The smallest absolute Gasteiger partial charge is 0.339 e. The number of hydrogen-bond acceptors (Lipinski definition) is 3. The quantitative estimate of drug-likeness (QED) is 0.878. The number of anilines is 1. The lowest BCUT2D eigenvalue weighted by Gasteiger charge is -2.11. The van der Waals surface area contributed by atoms with Crippen LogP contribution in [0.1, 0.15) is 21.6 Å². The third kappa shape index (κ3) is 2.96. The second-order valence-corrected chi connectivity index (χ2v) is 5.63. The highest BCUT2D eigenvalue weighted by Crippen LogP contribution is 2.29. The van der Waals surface area contributed by atoms with Crippen molar-refractivity contribution in [3.05, 3.63) is 44.6 Å². The SMILES string of the molecule is Cc1cc(Br)c(NCc2c(C(=O)O)cnn2C)cc1Cl. The van der Waals surface area contributed by atoms with E-state index in [4.69, 9.17) is 16.7 Å². The molecule has 0 radical (unpaired) electrons. The first kappa shape index (κ1) is 14.9. The highest BCUT2D eigenvalue weighted by Gasteiger charge is 2.15. The molecule has 0 aliphatic carbocycles. The van der Waals surface area contributed by atoms with Gasteiger partial charge in [-0.15, -0.1) is 0 Å². The van der Waals surface area contributed by atoms with Crippen LogP contribution in [0, 0.1) is 6.92 Å². The van der Waals surface area contributed by atoms with E-state index in [9.17, 15) is 4.79 Å². The van der Waals surface area contributed by atoms with Crippen LogP contribution >= 0.6 is 27.5 Å². The number of aromatic nitrogens is 2. The van der Waals surface area contributed by atoms with Gasteiger partial charge in [0.1, 0.15) is 5.56 Å². The summed E-state index contributed by atoms with van der Waals surface area (Å²) >= 11 is 9.54. The molecule has 1 heterocycles. The highest BCUT2D eigenvalue weighted by atomic mass is 79.9. The van der Waals surface area contributed by atoms with E-state index in [-0.39, 0.29) is 5.56 Å². The van der Waals surface area contributed by atoms with Gasteiger partial charge in [0.15, 0.2) is 0 Å². The third-order valence-corrected chi connectivity index (χ3v) is 4.05. The molecule has 7 heteroatoms. The van der Waals surface area contributed by atoms with E-state index in [0.717, 1.165) is 15.7 Å². The maximum Gasteiger partial charge on any atom is 0.339 e. The summed E-state index contributed by atoms with van der Waals surface area (Å²) in [6.45, 7) is 2.26. The van der Waals surface area contributed by atoms with Crippen molar-refractivity contribution in [1.82, 2.24) is 9.78 Å². The predicted molar refractivity (Wildman–Crippen MR) is 81.4 cm³/mol. The molecule has 5 nitrogen and oxygen atoms in total. The Morgan fingerprint density at radius 2 is 2.25 bits per heavy atom. The standard InChI is InChI=1S/C13H13BrClN3O2/c1-7-3-9(14)11(4-10(7)15)16-6-12-8(13(19)20)5-17-18(12)2/h3-5,16H,6H2,1-2H3,(H,19,20). The van der Waals surface area contributed by atoms with Crippen molar-refractivity contribution >= 4 is 39.2 Å². The molecule has 0 bridgehead atoms. The Hall–Kier alpha value is -1.53. The van der Waals surface area contributed by atoms with Gasteiger partial charge in [-0.2, -0.15) is 5.10 Å². The van der Waals surface area contributed by atoms with E-state index in [2.05, 4.69) is 26.3 Å². The van der Waals surface area contributed by atoms with E-state index in [1.165, 1.54) is 6.20 Å². The second-order valence-electron chi connectivity index (χ2n) is 4.37. The van der Waals surface area contributed by atoms with Gasteiger partial charge < -0.3 is 10.4 Å². The van der Waals surface area contributed by atoms with Gasteiger partial charge >= 0.3 is 5.97 Å². The normalized spacial score (nSPS) is 10.6. The molecule has 0 spiro atoms. The molecule has 0 saturated heterocycles. The number of aromatic carboxylic acids is 1. The second kappa shape index (κ2) is 5.85. The Kier molecular flexibility index (Phi) is 4.35. The summed E-state index contributed by atoms with van der Waals surface area (Å²) in [7, 11) is 1.71. The van der Waals surface area contributed by atoms with Gasteiger partial charge in [-0.1, -0.05) is 11.6 Å². The van der Waals surface area contributed by atoms with Crippen LogP contribution in [0.5, 0.6) is 0 Å². The van der Waals surface area contributed by atoms with Crippen LogP contribution in [0.3, 0.4) is 0 Å². The van der Waals surface area contributed by atoms with Crippen LogP contribution in [0.25, 0.3) is 0 Å². The first-order valence-corrected chi connectivity index (χ1v) is 7.01. The minimum absolute atomic E-state index is 0.189. The summed E-state index contributed by atoms with van der Waals surface area (Å²) in [5.41, 5.74) is 2.56. The number of benzene rings is 1. The van der Waals surface area contributed by atoms with Crippen LogP contribution in [-0.2, 0) is 13.6 Å². The van der Waals surface area contributed by atoms with Gasteiger partial charge in [0.25, 0.3) is 0 Å². The highest BCUT2D eigenvalue weighted by molar-refractivity contribution is 9.10. The number of aryl methyl sites for hydroxylation is 2. The van der Waals surface area contributed by atoms with Crippen LogP contribution in [0.2, 0.25) is 5.02 Å². The lowest BCUT2D eigenvalue weighted by atomic mass is 10.2. The summed E-state index contributed by atoms with van der Waals surface area (Å²) in [6, 6.07) is 3.71. The maximum atomic E-state index is 11.1. The summed E-state index contributed by atoms with van der Waals surface area (Å²) in [5.74, 6) is -0.990. The lowest BCUT2D eigenvalue weighted by Crippen LogP contribution is -2.10. The third-order valence-electron chi connectivity index (χ3n) is 2.99. The lowest BCUT2D eigenvalue weighted by molar-refractivity contribution is 0.0695. The van der Waals surface area contributed by atoms with Crippen LogP contribution in [0.4, 0.5) is 5.69 Å². The van der Waals surface area contributed by atoms with E-state index >= 15 is 0 Å². The molecule has 0 aliphatic rings. The van der Waals surface area contributed by atoms with Crippen molar-refractivity contribution in [2.24, 2.45) is 7.05 Å². The Morgan fingerprint density at radius 3 is 2.90 bits per heavy atom. The fourth-order valence-electron chi connectivity index (χ4n) is 1.81. The van der Waals surface area contributed by atoms with Gasteiger partial charge in [0.05, 0.1) is 24.1 Å². The largest absolute Gasteiger partial charge is 0.478 e. The monoisotopic (exact) mass is 357 g/mol. The molecule has 2 aromatic rings. The summed E-state index contributed by atoms with van der Waals surface area (Å²) in [6.07, 6.45) is 1.34. The molecule has 20 heavy (non-hydrogen) atoms. The number of carboxylic acid groups (broad SMARTS) is 1. The Morgan fingerprint density at radius 1 is 1.55 bits per heavy atom. The minimum atomic E-state index is -0.990. The molecule has 1 aromatic heterocycles. The molecule has 0 unspecified atom stereocenters. The fraction of sp³-hybridized carbons (Fsp3) is 0.231. The number of halogens is 2. The first-order chi connectivity index (χ1) is 9.40. The number of carboxylic acids is 1. The van der Waals surface area contributed by atoms with Gasteiger partial charge in [0.2, 0.25) is 0 Å². The minimum Gasteiger partial charge on any atom is -0.478 e. The van der Waals surface area contributed by atoms with E-state index in [1.807, 2.05) is 13.0 Å². The van der Waals surface area contributed by atoms with Crippen molar-refractivity contribution in [2.45, 2.75) is 13.5 Å². The molecule has 106 valence electrons. The molecule has 0 fully saturated rings. The number of carbonyl (C=O) groups is 1. The Bertz CT molecular complexity index is 670. The van der Waals surface area contributed by atoms with Crippen molar-refractivity contribution < 1.29 is 9.90 Å². The number of nitrogens with zero attached hydrogens (tertiary/aromatic N) is 2. The van der Waals surface area contributed by atoms with Crippen molar-refractivity contribution in [3.8, 4) is 0 Å². The van der Waals surface area contributed by atoms with Crippen molar-refractivity contribution in [3.63, 3.8) is 0 Å². The molecule has 0 saturated carbocycles. The zero-order chi connectivity index (χ0) is 14.9. The summed E-state index contributed by atoms with van der Waals surface area (Å²) < 4.78 is 2.42. The van der Waals surface area contributed by atoms with Gasteiger partial charge in [-0.3, -0.25) is 4.68 Å². The maximum absolute atomic E-state index is 11.1. The molecular weight excluding hydrogens is 346 g/mol. The topological polar surface area (TPSA) is 67.2 Å². The number of rotatable bonds is 4. The predicted octanol–water partition coefficient (Wildman–Crippen LogP) is 3.45. The summed E-state index contributed by atoms with van der Waals surface area (Å²) in [5, 5.41) is 16.9. The summed E-state index contributed by atoms with van der Waals surface area (Å²) in [4.78, 5) is 11.1. The number of hydrogen-bond donors (Lipinski definition) is 2. The van der Waals surface area contributed by atoms with Gasteiger partial charge in [-0.05, 0) is 40.5 Å². The van der Waals surface area contributed by atoms with Gasteiger partial charge in [0, 0.05) is 16.5 Å². The van der Waals surface area contributed by atoms with E-state index < -0.39 is 5.97 Å².